The Labute approximate surface area is 157 Å². The fourth-order valence-electron chi connectivity index (χ4n) is 3.46. The van der Waals surface area contributed by atoms with Gasteiger partial charge in [-0.3, -0.25) is 19.4 Å². The third-order valence-electron chi connectivity index (χ3n) is 4.90. The molecular formula is C19H24FN3O4. The van der Waals surface area contributed by atoms with Crippen LogP contribution in [-0.2, 0) is 14.3 Å². The number of carbonyl (C=O) groups excluding carboxylic acids is 2. The third-order valence-corrected chi connectivity index (χ3v) is 4.90. The molecule has 1 fully saturated rings. The summed E-state index contributed by atoms with van der Waals surface area (Å²) in [6.07, 6.45) is 0. The normalized spacial score (nSPS) is 18.8. The maximum absolute atomic E-state index is 13.3. The number of halogens is 1. The number of benzene rings is 1. The lowest BCUT2D eigenvalue weighted by molar-refractivity contribution is -0.138. The molecule has 2 heterocycles. The van der Waals surface area contributed by atoms with Crippen LogP contribution in [0.1, 0.15) is 5.56 Å². The number of ether oxygens (including phenoxy) is 1. The standard InChI is InChI=1S/C19H24FN3O4/c1-27-13-11-23-18(25)16(14-2-4-15(20)5-3-14)17(19(23)26)22-8-6-21(7-9-22)10-12-24/h2-5,24H,6-13H2,1H3. The number of amides is 2. The van der Waals surface area contributed by atoms with Gasteiger partial charge in [0.25, 0.3) is 11.8 Å². The smallest absolute Gasteiger partial charge is 0.277 e. The van der Waals surface area contributed by atoms with Gasteiger partial charge in [-0.1, -0.05) is 12.1 Å². The monoisotopic (exact) mass is 377 g/mol. The minimum Gasteiger partial charge on any atom is -0.395 e. The number of piperazine rings is 1. The number of aliphatic hydroxyl groups is 1. The summed E-state index contributed by atoms with van der Waals surface area (Å²) >= 11 is 0. The van der Waals surface area contributed by atoms with Crippen molar-refractivity contribution in [3.05, 3.63) is 41.3 Å². The van der Waals surface area contributed by atoms with Gasteiger partial charge in [0.05, 0.1) is 25.3 Å². The molecule has 0 aromatic heterocycles. The van der Waals surface area contributed by atoms with Crippen LogP contribution in [0.2, 0.25) is 0 Å². The summed E-state index contributed by atoms with van der Waals surface area (Å²) < 4.78 is 18.3. The number of aliphatic hydroxyl groups excluding tert-OH is 1. The van der Waals surface area contributed by atoms with Crippen molar-refractivity contribution < 1.29 is 23.8 Å². The Hall–Kier alpha value is -2.29. The molecule has 146 valence electrons. The molecule has 3 rings (SSSR count). The second-order valence-electron chi connectivity index (χ2n) is 6.54. The van der Waals surface area contributed by atoms with E-state index in [4.69, 9.17) is 9.84 Å². The van der Waals surface area contributed by atoms with E-state index in [2.05, 4.69) is 4.90 Å². The highest BCUT2D eigenvalue weighted by Gasteiger charge is 2.41. The van der Waals surface area contributed by atoms with Crippen LogP contribution < -0.4 is 0 Å². The van der Waals surface area contributed by atoms with E-state index in [0.717, 1.165) is 0 Å². The van der Waals surface area contributed by atoms with Gasteiger partial charge in [0, 0.05) is 39.8 Å². The Morgan fingerprint density at radius 2 is 1.70 bits per heavy atom. The van der Waals surface area contributed by atoms with Crippen LogP contribution in [0.4, 0.5) is 4.39 Å². The molecule has 0 saturated carbocycles. The van der Waals surface area contributed by atoms with Crippen molar-refractivity contribution in [1.29, 1.82) is 0 Å². The molecule has 2 amide bonds. The molecule has 1 N–H and O–H groups in total. The van der Waals surface area contributed by atoms with Gasteiger partial charge in [0.2, 0.25) is 0 Å². The van der Waals surface area contributed by atoms with Crippen molar-refractivity contribution in [1.82, 2.24) is 14.7 Å². The maximum Gasteiger partial charge on any atom is 0.277 e. The van der Waals surface area contributed by atoms with Crippen LogP contribution >= 0.6 is 0 Å². The Kier molecular flexibility index (Phi) is 6.20. The van der Waals surface area contributed by atoms with Crippen LogP contribution in [0.5, 0.6) is 0 Å². The lowest BCUT2D eigenvalue weighted by Crippen LogP contribution is -2.48. The number of imide groups is 1. The Bertz CT molecular complexity index is 727. The van der Waals surface area contributed by atoms with E-state index in [-0.39, 0.29) is 31.6 Å². The molecule has 27 heavy (non-hydrogen) atoms. The van der Waals surface area contributed by atoms with E-state index < -0.39 is 5.82 Å². The summed E-state index contributed by atoms with van der Waals surface area (Å²) in [5.41, 5.74) is 1.21. The number of β-amino-alcohol motifs (C(OH)–C–C–N with tert-alkyl or cyclic N) is 1. The zero-order valence-electron chi connectivity index (χ0n) is 15.4. The molecule has 8 heteroatoms. The molecule has 1 aromatic rings. The highest BCUT2D eigenvalue weighted by molar-refractivity contribution is 6.35. The summed E-state index contributed by atoms with van der Waals surface area (Å²) in [5.74, 6) is -1.12. The van der Waals surface area contributed by atoms with Crippen LogP contribution in [0.15, 0.2) is 30.0 Å². The van der Waals surface area contributed by atoms with Crippen LogP contribution in [-0.4, -0.2) is 91.2 Å². The number of carbonyl (C=O) groups is 2. The maximum atomic E-state index is 13.3. The van der Waals surface area contributed by atoms with Crippen molar-refractivity contribution in [3.63, 3.8) is 0 Å². The predicted molar refractivity (Wildman–Crippen MR) is 97.0 cm³/mol. The summed E-state index contributed by atoms with van der Waals surface area (Å²) in [5, 5.41) is 9.09. The van der Waals surface area contributed by atoms with E-state index >= 15 is 0 Å². The van der Waals surface area contributed by atoms with Gasteiger partial charge in [-0.05, 0) is 17.7 Å². The molecule has 2 aliphatic heterocycles. The molecule has 1 aromatic carbocycles. The zero-order valence-corrected chi connectivity index (χ0v) is 15.4. The number of hydrogen-bond donors (Lipinski definition) is 1. The average molecular weight is 377 g/mol. The number of methoxy groups -OCH3 is 1. The van der Waals surface area contributed by atoms with E-state index in [9.17, 15) is 14.0 Å². The molecule has 0 aliphatic carbocycles. The van der Waals surface area contributed by atoms with Gasteiger partial charge in [-0.2, -0.15) is 0 Å². The highest BCUT2D eigenvalue weighted by atomic mass is 19.1. The Morgan fingerprint density at radius 1 is 1.04 bits per heavy atom. The molecule has 0 unspecified atom stereocenters. The van der Waals surface area contributed by atoms with Crippen LogP contribution in [0.25, 0.3) is 5.57 Å². The average Bonchev–Trinajstić information content (AvgIpc) is 2.92. The van der Waals surface area contributed by atoms with Gasteiger partial charge < -0.3 is 14.7 Å². The zero-order chi connectivity index (χ0) is 19.4. The highest BCUT2D eigenvalue weighted by Crippen LogP contribution is 2.32. The fraction of sp³-hybridized carbons (Fsp3) is 0.474. The summed E-state index contributed by atoms with van der Waals surface area (Å²) in [6, 6.07) is 5.62. The van der Waals surface area contributed by atoms with Crippen LogP contribution in [0, 0.1) is 5.82 Å². The number of nitrogens with zero attached hydrogens (tertiary/aromatic N) is 3. The van der Waals surface area contributed by atoms with E-state index in [1.165, 1.54) is 36.3 Å². The van der Waals surface area contributed by atoms with Crippen molar-refractivity contribution in [2.45, 2.75) is 0 Å². The van der Waals surface area contributed by atoms with Gasteiger partial charge in [0.15, 0.2) is 0 Å². The molecule has 0 atom stereocenters. The van der Waals surface area contributed by atoms with Crippen molar-refractivity contribution in [3.8, 4) is 0 Å². The Balaban J connectivity index is 1.92. The van der Waals surface area contributed by atoms with Gasteiger partial charge in [0.1, 0.15) is 11.5 Å². The molecule has 7 nitrogen and oxygen atoms in total. The quantitative estimate of drug-likeness (QED) is 0.683. The fourth-order valence-corrected chi connectivity index (χ4v) is 3.46. The molecule has 0 spiro atoms. The molecule has 0 bridgehead atoms. The first-order valence-electron chi connectivity index (χ1n) is 9.00. The summed E-state index contributed by atoms with van der Waals surface area (Å²) in [4.78, 5) is 31.2. The van der Waals surface area contributed by atoms with Crippen molar-refractivity contribution in [2.75, 3.05) is 59.6 Å². The molecule has 2 aliphatic rings. The van der Waals surface area contributed by atoms with Gasteiger partial charge in [-0.15, -0.1) is 0 Å². The molecular weight excluding hydrogens is 353 g/mol. The van der Waals surface area contributed by atoms with E-state index in [0.29, 0.717) is 49.6 Å². The lowest BCUT2D eigenvalue weighted by atomic mass is 10.0. The predicted octanol–water partition coefficient (Wildman–Crippen LogP) is 0.162. The minimum atomic E-state index is -0.397. The van der Waals surface area contributed by atoms with Crippen molar-refractivity contribution >= 4 is 17.4 Å². The van der Waals surface area contributed by atoms with Crippen molar-refractivity contribution in [2.24, 2.45) is 0 Å². The van der Waals surface area contributed by atoms with Gasteiger partial charge >= 0.3 is 0 Å². The first-order chi connectivity index (χ1) is 13.1. The first-order valence-corrected chi connectivity index (χ1v) is 9.00. The van der Waals surface area contributed by atoms with Crippen LogP contribution in [0.3, 0.4) is 0 Å². The SMILES string of the molecule is COCCN1C(=O)C(c2ccc(F)cc2)=C(N2CCN(CCO)CC2)C1=O. The largest absolute Gasteiger partial charge is 0.395 e. The topological polar surface area (TPSA) is 73.3 Å². The number of hydrogen-bond acceptors (Lipinski definition) is 6. The minimum absolute atomic E-state index is 0.0890. The Morgan fingerprint density at radius 3 is 2.30 bits per heavy atom. The first kappa shape index (κ1) is 19.5. The number of rotatable bonds is 7. The lowest BCUT2D eigenvalue weighted by Gasteiger charge is -2.36. The summed E-state index contributed by atoms with van der Waals surface area (Å²) in [6.45, 7) is 3.66. The van der Waals surface area contributed by atoms with E-state index in [1.54, 1.807) is 0 Å². The molecule has 1 saturated heterocycles. The second kappa shape index (κ2) is 8.60. The summed E-state index contributed by atoms with van der Waals surface area (Å²) in [7, 11) is 1.51. The second-order valence-corrected chi connectivity index (χ2v) is 6.54. The van der Waals surface area contributed by atoms with E-state index in [1.807, 2.05) is 4.90 Å². The van der Waals surface area contributed by atoms with Gasteiger partial charge in [-0.25, -0.2) is 4.39 Å². The third kappa shape index (κ3) is 4.02. The molecule has 0 radical (unpaired) electrons.